The Labute approximate surface area is 153 Å². The smallest absolute Gasteiger partial charge is 0.282 e. The minimum atomic E-state index is -3.41. The van der Waals surface area contributed by atoms with Gasteiger partial charge in [-0.2, -0.15) is 17.0 Å². The Hall–Kier alpha value is -1.48. The van der Waals surface area contributed by atoms with Crippen LogP contribution in [0.4, 0.5) is 0 Å². The Kier molecular flexibility index (Phi) is 5.43. The monoisotopic (exact) mass is 381 g/mol. The number of benzene rings is 1. The molecule has 0 fully saturated rings. The van der Waals surface area contributed by atoms with Crippen LogP contribution in [0.3, 0.4) is 0 Å². The molecule has 1 aromatic heterocycles. The lowest BCUT2D eigenvalue weighted by Crippen LogP contribution is -2.45. The van der Waals surface area contributed by atoms with E-state index in [0.717, 1.165) is 26.9 Å². The summed E-state index contributed by atoms with van der Waals surface area (Å²) >= 11 is 1.56. The molecule has 136 valence electrons. The molecule has 0 saturated heterocycles. The zero-order valence-corrected chi connectivity index (χ0v) is 16.4. The predicted octanol–water partition coefficient (Wildman–Crippen LogP) is 2.76. The van der Waals surface area contributed by atoms with E-state index in [-0.39, 0.29) is 0 Å². The number of hydrogen-bond acceptors (Lipinski definition) is 5. The normalized spacial score (nSPS) is 15.4. The second-order valence-corrected chi connectivity index (χ2v) is 8.81. The molecule has 3 rings (SSSR count). The van der Waals surface area contributed by atoms with Gasteiger partial charge < -0.3 is 4.74 Å². The molecule has 0 amide bonds. The van der Waals surface area contributed by atoms with Gasteiger partial charge in [0.25, 0.3) is 10.2 Å². The Balaban J connectivity index is 1.86. The molecule has 0 spiro atoms. The highest BCUT2D eigenvalue weighted by atomic mass is 32.2. The third-order valence-electron chi connectivity index (χ3n) is 4.37. The standard InChI is InChI=1S/C17H23N3O3S2/c1-4-19(5-2)25(21,22)20-10-9-15-16(12-20)24-17(18-15)13-7-6-8-14(11-13)23-3/h6-8,11H,4-5,9-10,12H2,1-3H3. The number of methoxy groups -OCH3 is 1. The topological polar surface area (TPSA) is 62.7 Å². The van der Waals surface area contributed by atoms with Crippen LogP contribution >= 0.6 is 11.3 Å². The van der Waals surface area contributed by atoms with Crippen molar-refractivity contribution in [3.63, 3.8) is 0 Å². The summed E-state index contributed by atoms with van der Waals surface area (Å²) in [6.45, 7) is 5.58. The first-order valence-corrected chi connectivity index (χ1v) is 10.6. The summed E-state index contributed by atoms with van der Waals surface area (Å²) in [5.74, 6) is 0.788. The first-order chi connectivity index (χ1) is 12.0. The van der Waals surface area contributed by atoms with E-state index in [0.29, 0.717) is 32.6 Å². The molecule has 0 unspecified atom stereocenters. The van der Waals surface area contributed by atoms with E-state index in [1.54, 1.807) is 22.8 Å². The van der Waals surface area contributed by atoms with Crippen molar-refractivity contribution in [3.8, 4) is 16.3 Å². The molecule has 25 heavy (non-hydrogen) atoms. The Morgan fingerprint density at radius 2 is 2.08 bits per heavy atom. The number of hydrogen-bond donors (Lipinski definition) is 0. The number of nitrogens with zero attached hydrogens (tertiary/aromatic N) is 3. The van der Waals surface area contributed by atoms with Gasteiger partial charge in [-0.05, 0) is 12.1 Å². The van der Waals surface area contributed by atoms with Gasteiger partial charge in [-0.3, -0.25) is 0 Å². The first-order valence-electron chi connectivity index (χ1n) is 8.37. The lowest BCUT2D eigenvalue weighted by molar-refractivity contribution is 0.336. The minimum Gasteiger partial charge on any atom is -0.497 e. The van der Waals surface area contributed by atoms with Crippen LogP contribution < -0.4 is 4.74 Å². The second kappa shape index (κ2) is 7.41. The van der Waals surface area contributed by atoms with Crippen LogP contribution in [-0.4, -0.2) is 48.8 Å². The maximum absolute atomic E-state index is 12.7. The number of thiazole rings is 1. The van der Waals surface area contributed by atoms with Crippen molar-refractivity contribution in [3.05, 3.63) is 34.8 Å². The third kappa shape index (κ3) is 3.57. The van der Waals surface area contributed by atoms with Gasteiger partial charge >= 0.3 is 0 Å². The van der Waals surface area contributed by atoms with Gasteiger partial charge in [0.15, 0.2) is 0 Å². The van der Waals surface area contributed by atoms with Crippen LogP contribution in [0.25, 0.3) is 10.6 Å². The van der Waals surface area contributed by atoms with Crippen molar-refractivity contribution in [2.24, 2.45) is 0 Å². The van der Waals surface area contributed by atoms with E-state index in [1.165, 1.54) is 4.31 Å². The number of aromatic nitrogens is 1. The van der Waals surface area contributed by atoms with Gasteiger partial charge in [0.2, 0.25) is 0 Å². The van der Waals surface area contributed by atoms with E-state index in [2.05, 4.69) is 0 Å². The second-order valence-electron chi connectivity index (χ2n) is 5.80. The third-order valence-corrected chi connectivity index (χ3v) is 7.64. The molecule has 6 nitrogen and oxygen atoms in total. The van der Waals surface area contributed by atoms with Crippen molar-refractivity contribution in [1.29, 1.82) is 0 Å². The maximum atomic E-state index is 12.7. The highest BCUT2D eigenvalue weighted by Crippen LogP contribution is 2.34. The molecule has 0 radical (unpaired) electrons. The fourth-order valence-corrected chi connectivity index (χ4v) is 5.76. The predicted molar refractivity (Wildman–Crippen MR) is 100 cm³/mol. The Morgan fingerprint density at radius 3 is 2.76 bits per heavy atom. The molecule has 1 aliphatic heterocycles. The summed E-state index contributed by atoms with van der Waals surface area (Å²) in [6, 6.07) is 7.78. The van der Waals surface area contributed by atoms with Crippen molar-refractivity contribution in [2.75, 3.05) is 26.7 Å². The molecular weight excluding hydrogens is 358 g/mol. The van der Waals surface area contributed by atoms with Crippen molar-refractivity contribution >= 4 is 21.5 Å². The molecule has 1 aromatic carbocycles. The SMILES string of the molecule is CCN(CC)S(=O)(=O)N1CCc2nc(-c3cccc(OC)c3)sc2C1. The van der Waals surface area contributed by atoms with Gasteiger partial charge in [0.1, 0.15) is 10.8 Å². The quantitative estimate of drug-likeness (QED) is 0.772. The molecule has 1 aliphatic rings. The van der Waals surface area contributed by atoms with Gasteiger partial charge in [-0.25, -0.2) is 4.98 Å². The molecule has 2 aromatic rings. The van der Waals surface area contributed by atoms with E-state index in [4.69, 9.17) is 9.72 Å². The maximum Gasteiger partial charge on any atom is 0.282 e. The lowest BCUT2D eigenvalue weighted by atomic mass is 10.2. The van der Waals surface area contributed by atoms with E-state index < -0.39 is 10.2 Å². The fraction of sp³-hybridized carbons (Fsp3) is 0.471. The molecule has 0 bridgehead atoms. The summed E-state index contributed by atoms with van der Waals surface area (Å²) < 4.78 is 33.8. The van der Waals surface area contributed by atoms with Crippen LogP contribution in [0.5, 0.6) is 5.75 Å². The van der Waals surface area contributed by atoms with Gasteiger partial charge in [0, 0.05) is 36.5 Å². The van der Waals surface area contributed by atoms with Gasteiger partial charge in [-0.15, -0.1) is 11.3 Å². The molecule has 8 heteroatoms. The number of fused-ring (bicyclic) bond motifs is 1. The highest BCUT2D eigenvalue weighted by Gasteiger charge is 2.32. The van der Waals surface area contributed by atoms with E-state index >= 15 is 0 Å². The first kappa shape index (κ1) is 18.3. The molecule has 0 aliphatic carbocycles. The minimum absolute atomic E-state index is 0.399. The van der Waals surface area contributed by atoms with Gasteiger partial charge in [0.05, 0.1) is 19.3 Å². The van der Waals surface area contributed by atoms with Crippen LogP contribution in [0.15, 0.2) is 24.3 Å². The van der Waals surface area contributed by atoms with Crippen LogP contribution in [-0.2, 0) is 23.2 Å². The van der Waals surface area contributed by atoms with Crippen molar-refractivity contribution in [1.82, 2.24) is 13.6 Å². The largest absolute Gasteiger partial charge is 0.497 e. The molecular formula is C17H23N3O3S2. The molecule has 2 heterocycles. The average Bonchev–Trinajstić information content (AvgIpc) is 3.06. The summed E-state index contributed by atoms with van der Waals surface area (Å²) in [7, 11) is -1.77. The Bertz CT molecular complexity index is 845. The number of rotatable bonds is 6. The summed E-state index contributed by atoms with van der Waals surface area (Å²) in [4.78, 5) is 5.75. The van der Waals surface area contributed by atoms with Crippen LogP contribution in [0, 0.1) is 0 Å². The van der Waals surface area contributed by atoms with Crippen LogP contribution in [0.2, 0.25) is 0 Å². The number of ether oxygens (including phenoxy) is 1. The molecule has 0 N–H and O–H groups in total. The zero-order valence-electron chi connectivity index (χ0n) is 14.7. The highest BCUT2D eigenvalue weighted by molar-refractivity contribution is 7.86. The fourth-order valence-electron chi connectivity index (χ4n) is 2.96. The summed E-state index contributed by atoms with van der Waals surface area (Å²) in [5.41, 5.74) is 2.01. The average molecular weight is 382 g/mol. The lowest BCUT2D eigenvalue weighted by Gasteiger charge is -2.30. The van der Waals surface area contributed by atoms with Gasteiger partial charge in [-0.1, -0.05) is 26.0 Å². The van der Waals surface area contributed by atoms with E-state index in [9.17, 15) is 8.42 Å². The molecule has 0 saturated carbocycles. The van der Waals surface area contributed by atoms with Crippen molar-refractivity contribution in [2.45, 2.75) is 26.8 Å². The van der Waals surface area contributed by atoms with Crippen LogP contribution in [0.1, 0.15) is 24.4 Å². The zero-order chi connectivity index (χ0) is 18.0. The summed E-state index contributed by atoms with van der Waals surface area (Å²) in [6.07, 6.45) is 0.649. The summed E-state index contributed by atoms with van der Waals surface area (Å²) in [5, 5.41) is 0.908. The molecule has 0 atom stereocenters. The van der Waals surface area contributed by atoms with E-state index in [1.807, 2.05) is 38.1 Å². The Morgan fingerprint density at radius 1 is 1.32 bits per heavy atom. The van der Waals surface area contributed by atoms with Crippen molar-refractivity contribution < 1.29 is 13.2 Å².